The van der Waals surface area contributed by atoms with E-state index in [1.165, 1.54) is 27.9 Å². The van der Waals surface area contributed by atoms with Gasteiger partial charge in [-0.15, -0.1) is 0 Å². The molecule has 3 saturated heterocycles. The molecule has 11 nitrogen and oxygen atoms in total. The maximum atomic E-state index is 13.6. The standard InChI is InChI=1S/C48H49N5O6/c54-36-11-13-38-32(24-36)8-12-37(30-4-2-1-3-5-30)44(38)31-6-9-35(10-7-31)51-22-18-48(19-23-51)16-20-50(21-17-48)29-43(56)52-27-33-25-39-40(26-34(33)28-52)47(59)53(46(39)58)41-14-15-42(55)49-45(41)57/h1-7,9-11,13,24-26,37,41,44,54H,8,12,14-23,27-29H2,(H,49,55,57). The van der Waals surface area contributed by atoms with Crippen molar-refractivity contribution in [1.82, 2.24) is 20.0 Å². The van der Waals surface area contributed by atoms with Crippen molar-refractivity contribution in [3.05, 3.63) is 129 Å². The molecule has 0 radical (unpaired) electrons. The van der Waals surface area contributed by atoms with Gasteiger partial charge in [-0.3, -0.25) is 39.1 Å². The molecular formula is C48H49N5O6. The number of piperidine rings is 3. The number of imide groups is 2. The molecule has 302 valence electrons. The van der Waals surface area contributed by atoms with E-state index in [4.69, 9.17) is 0 Å². The number of nitrogens with zero attached hydrogens (tertiary/aromatic N) is 4. The lowest BCUT2D eigenvalue weighted by Gasteiger charge is -2.47. The minimum atomic E-state index is -1.00. The maximum Gasteiger partial charge on any atom is 0.262 e. The third-order valence-corrected chi connectivity index (χ3v) is 14.4. The zero-order valence-electron chi connectivity index (χ0n) is 33.2. The first kappa shape index (κ1) is 37.5. The van der Waals surface area contributed by atoms with Gasteiger partial charge in [0, 0.05) is 44.2 Å². The summed E-state index contributed by atoms with van der Waals surface area (Å²) < 4.78 is 0. The minimum Gasteiger partial charge on any atom is -0.508 e. The topological polar surface area (TPSA) is 131 Å². The van der Waals surface area contributed by atoms with Crippen molar-refractivity contribution in [3.63, 3.8) is 0 Å². The number of nitrogens with one attached hydrogen (secondary N) is 1. The Morgan fingerprint density at radius 2 is 1.37 bits per heavy atom. The number of phenols is 1. The molecule has 5 amide bonds. The van der Waals surface area contributed by atoms with Gasteiger partial charge in [0.1, 0.15) is 11.8 Å². The number of hydrogen-bond donors (Lipinski definition) is 2. The zero-order valence-corrected chi connectivity index (χ0v) is 33.2. The Morgan fingerprint density at radius 3 is 2.03 bits per heavy atom. The van der Waals surface area contributed by atoms with Crippen molar-refractivity contribution < 1.29 is 29.1 Å². The third kappa shape index (κ3) is 6.79. The highest BCUT2D eigenvalue weighted by Gasteiger charge is 2.46. The van der Waals surface area contributed by atoms with Crippen LogP contribution in [-0.2, 0) is 33.9 Å². The molecule has 3 unspecified atom stereocenters. The first-order valence-electron chi connectivity index (χ1n) is 21.2. The van der Waals surface area contributed by atoms with Crippen LogP contribution < -0.4 is 10.2 Å². The van der Waals surface area contributed by atoms with E-state index >= 15 is 0 Å². The first-order valence-corrected chi connectivity index (χ1v) is 21.2. The van der Waals surface area contributed by atoms with Gasteiger partial charge in [0.05, 0.1) is 17.7 Å². The number of fused-ring (bicyclic) bond motifs is 3. The lowest BCUT2D eigenvalue weighted by atomic mass is 9.69. The summed E-state index contributed by atoms with van der Waals surface area (Å²) in [4.78, 5) is 72.0. The van der Waals surface area contributed by atoms with Crippen LogP contribution in [-0.4, -0.2) is 88.1 Å². The first-order chi connectivity index (χ1) is 28.6. The van der Waals surface area contributed by atoms with Crippen LogP contribution in [0.25, 0.3) is 0 Å². The van der Waals surface area contributed by atoms with Crippen molar-refractivity contribution in [2.45, 2.75) is 82.3 Å². The van der Waals surface area contributed by atoms with Crippen LogP contribution in [0, 0.1) is 5.41 Å². The molecule has 3 fully saturated rings. The van der Waals surface area contributed by atoms with Crippen LogP contribution >= 0.6 is 0 Å². The number of benzene rings is 4. The van der Waals surface area contributed by atoms with E-state index in [9.17, 15) is 29.1 Å². The average Bonchev–Trinajstić information content (AvgIpc) is 3.78. The molecule has 0 bridgehead atoms. The number of hydrogen-bond acceptors (Lipinski definition) is 8. The fraction of sp³-hybridized carbons (Fsp3) is 0.396. The quantitative estimate of drug-likeness (QED) is 0.232. The van der Waals surface area contributed by atoms with Gasteiger partial charge < -0.3 is 14.9 Å². The normalized spacial score (nSPS) is 23.9. The summed E-state index contributed by atoms with van der Waals surface area (Å²) >= 11 is 0. The second-order valence-electron chi connectivity index (χ2n) is 17.6. The molecule has 1 aliphatic carbocycles. The predicted molar refractivity (Wildman–Crippen MR) is 221 cm³/mol. The number of aromatic hydroxyl groups is 1. The Balaban J connectivity index is 0.731. The molecular weight excluding hydrogens is 743 g/mol. The molecule has 0 saturated carbocycles. The van der Waals surface area contributed by atoms with E-state index in [0.29, 0.717) is 36.7 Å². The second kappa shape index (κ2) is 14.8. The number of amides is 5. The third-order valence-electron chi connectivity index (χ3n) is 14.4. The van der Waals surface area contributed by atoms with Crippen molar-refractivity contribution in [3.8, 4) is 5.75 Å². The molecule has 3 atom stereocenters. The predicted octanol–water partition coefficient (Wildman–Crippen LogP) is 5.88. The zero-order chi connectivity index (χ0) is 40.4. The van der Waals surface area contributed by atoms with E-state index in [0.717, 1.165) is 80.7 Å². The molecule has 10 rings (SSSR count). The monoisotopic (exact) mass is 791 g/mol. The summed E-state index contributed by atoms with van der Waals surface area (Å²) in [7, 11) is 0. The highest BCUT2D eigenvalue weighted by atomic mass is 16.3. The fourth-order valence-electron chi connectivity index (χ4n) is 10.9. The molecule has 5 heterocycles. The molecule has 0 aromatic heterocycles. The van der Waals surface area contributed by atoms with Crippen LogP contribution in [0.5, 0.6) is 5.75 Å². The lowest BCUT2D eigenvalue weighted by molar-refractivity contribution is -0.136. The molecule has 4 aromatic carbocycles. The lowest BCUT2D eigenvalue weighted by Crippen LogP contribution is -2.54. The fourth-order valence-corrected chi connectivity index (χ4v) is 10.9. The van der Waals surface area contributed by atoms with E-state index < -0.39 is 29.7 Å². The minimum absolute atomic E-state index is 0.0448. The number of rotatable bonds is 6. The maximum absolute atomic E-state index is 13.6. The van der Waals surface area contributed by atoms with Gasteiger partial charge in [0.2, 0.25) is 17.7 Å². The Morgan fingerprint density at radius 1 is 0.712 bits per heavy atom. The van der Waals surface area contributed by atoms with E-state index in [1.807, 2.05) is 12.1 Å². The van der Waals surface area contributed by atoms with Crippen LogP contribution in [0.1, 0.15) is 111 Å². The van der Waals surface area contributed by atoms with Crippen molar-refractivity contribution >= 4 is 35.2 Å². The van der Waals surface area contributed by atoms with Crippen molar-refractivity contribution in [1.29, 1.82) is 0 Å². The summed E-state index contributed by atoms with van der Waals surface area (Å²) in [6, 6.07) is 28.4. The van der Waals surface area contributed by atoms with Gasteiger partial charge in [-0.1, -0.05) is 48.5 Å². The number of carbonyl (C=O) groups excluding carboxylic acids is 5. The Kier molecular flexibility index (Phi) is 9.38. The number of carbonyl (C=O) groups is 5. The van der Waals surface area contributed by atoms with Crippen molar-refractivity contribution in [2.24, 2.45) is 5.41 Å². The molecule has 6 aliphatic rings. The Labute approximate surface area is 344 Å². The smallest absolute Gasteiger partial charge is 0.262 e. The van der Waals surface area contributed by atoms with E-state index in [-0.39, 0.29) is 35.8 Å². The van der Waals surface area contributed by atoms with Gasteiger partial charge in [-0.2, -0.15) is 0 Å². The molecule has 4 aromatic rings. The van der Waals surface area contributed by atoms with Crippen LogP contribution in [0.3, 0.4) is 0 Å². The largest absolute Gasteiger partial charge is 0.508 e. The summed E-state index contributed by atoms with van der Waals surface area (Å²) in [5.74, 6) is -1.10. The molecule has 2 N–H and O–H groups in total. The van der Waals surface area contributed by atoms with Gasteiger partial charge in [0.15, 0.2) is 0 Å². The molecule has 5 aliphatic heterocycles. The average molecular weight is 792 g/mol. The number of likely N-dealkylation sites (tertiary alicyclic amines) is 1. The number of aryl methyl sites for hydroxylation is 1. The van der Waals surface area contributed by atoms with Crippen LogP contribution in [0.4, 0.5) is 5.69 Å². The number of phenolic OH excluding ortho intramolecular Hbond substituents is 1. The highest BCUT2D eigenvalue weighted by molar-refractivity contribution is 6.23. The second-order valence-corrected chi connectivity index (χ2v) is 17.6. The summed E-state index contributed by atoms with van der Waals surface area (Å²) in [6.07, 6.45) is 6.62. The Hall–Kier alpha value is -5.81. The molecule has 1 spiro atoms. The van der Waals surface area contributed by atoms with E-state index in [1.54, 1.807) is 17.0 Å². The summed E-state index contributed by atoms with van der Waals surface area (Å²) in [5, 5.41) is 12.5. The van der Waals surface area contributed by atoms with Crippen LogP contribution in [0.2, 0.25) is 0 Å². The highest BCUT2D eigenvalue weighted by Crippen LogP contribution is 2.48. The van der Waals surface area contributed by atoms with Crippen molar-refractivity contribution in [2.75, 3.05) is 37.6 Å². The van der Waals surface area contributed by atoms with Gasteiger partial charge in [-0.25, -0.2) is 0 Å². The van der Waals surface area contributed by atoms with Gasteiger partial charge in [0.25, 0.3) is 11.8 Å². The Bertz CT molecular complexity index is 2320. The van der Waals surface area contributed by atoms with Gasteiger partial charge in [-0.05, 0) is 139 Å². The van der Waals surface area contributed by atoms with Gasteiger partial charge >= 0.3 is 0 Å². The summed E-state index contributed by atoms with van der Waals surface area (Å²) in [6.45, 7) is 4.91. The SMILES string of the molecule is O=C1CCC(N2C(=O)c3cc4c(cc3C2=O)CN(C(=O)CN2CCC3(CC2)CCN(c2ccc(C5c6ccc(O)cc6CCC5c5ccccc5)cc2)CC3)C4)C(=O)N1. The number of anilines is 1. The summed E-state index contributed by atoms with van der Waals surface area (Å²) in [5.41, 5.74) is 8.99. The van der Waals surface area contributed by atoms with E-state index in [2.05, 4.69) is 75.8 Å². The molecule has 11 heteroatoms. The molecule has 59 heavy (non-hydrogen) atoms. The van der Waals surface area contributed by atoms with Crippen LogP contribution in [0.15, 0.2) is 84.9 Å².